The lowest BCUT2D eigenvalue weighted by Gasteiger charge is -2.20. The third-order valence-electron chi connectivity index (χ3n) is 3.90. The van der Waals surface area contributed by atoms with Gasteiger partial charge in [0, 0.05) is 48.2 Å². The number of nitrogens with zero attached hydrogens (tertiary/aromatic N) is 3. The van der Waals surface area contributed by atoms with Crippen LogP contribution < -0.4 is 5.32 Å². The van der Waals surface area contributed by atoms with Crippen LogP contribution >= 0.6 is 23.2 Å². The third kappa shape index (κ3) is 4.33. The Morgan fingerprint density at radius 3 is 2.73 bits per heavy atom. The molecule has 1 aliphatic rings. The van der Waals surface area contributed by atoms with Crippen molar-refractivity contribution in [2.24, 2.45) is 4.99 Å². The van der Waals surface area contributed by atoms with Crippen molar-refractivity contribution >= 4 is 40.9 Å². The Bertz CT molecular complexity index is 883. The van der Waals surface area contributed by atoms with E-state index >= 15 is 0 Å². The van der Waals surface area contributed by atoms with Gasteiger partial charge in [0.1, 0.15) is 0 Å². The summed E-state index contributed by atoms with van der Waals surface area (Å²) in [5.74, 6) is 0. The first-order chi connectivity index (χ1) is 12.5. The first-order valence-corrected chi connectivity index (χ1v) is 8.70. The number of benzene rings is 2. The molecule has 1 aliphatic heterocycles. The van der Waals surface area contributed by atoms with E-state index in [1.54, 1.807) is 42.9 Å². The number of nitrogens with one attached hydrogen (secondary N) is 1. The topological polar surface area (TPSA) is 70.8 Å². The van der Waals surface area contributed by atoms with Gasteiger partial charge in [-0.05, 0) is 30.3 Å². The molecule has 0 saturated heterocycles. The standard InChI is InChI=1S/C18H16Cl2N4O2/c19-13-2-4-15(17(20)10-13)16-11-14(3-5-18(16)24(25)26)22-7-9-23-8-1-6-21-12-23/h1-6,10-12,22H,7-9H2. The molecule has 2 aromatic carbocycles. The van der Waals surface area contributed by atoms with Gasteiger partial charge in [-0.15, -0.1) is 0 Å². The van der Waals surface area contributed by atoms with Crippen LogP contribution in [0.15, 0.2) is 53.7 Å². The maximum absolute atomic E-state index is 11.4. The van der Waals surface area contributed by atoms with Crippen LogP contribution in [0.3, 0.4) is 0 Å². The second kappa shape index (κ2) is 8.21. The normalized spacial score (nSPS) is 13.1. The van der Waals surface area contributed by atoms with Gasteiger partial charge in [0.05, 0.1) is 21.8 Å². The maximum atomic E-state index is 11.4. The van der Waals surface area contributed by atoms with Gasteiger partial charge in [0.15, 0.2) is 0 Å². The van der Waals surface area contributed by atoms with Gasteiger partial charge >= 0.3 is 0 Å². The van der Waals surface area contributed by atoms with Crippen LogP contribution in [-0.4, -0.2) is 35.8 Å². The number of anilines is 1. The SMILES string of the molecule is O=[N+]([O-])c1ccc(NCCN2C=NC=CC2)cc1-c1ccc(Cl)cc1Cl. The van der Waals surface area contributed by atoms with Crippen molar-refractivity contribution in [1.29, 1.82) is 0 Å². The molecule has 6 nitrogen and oxygen atoms in total. The van der Waals surface area contributed by atoms with E-state index in [4.69, 9.17) is 23.2 Å². The Morgan fingerprint density at radius 1 is 1.19 bits per heavy atom. The fourth-order valence-corrected chi connectivity index (χ4v) is 3.16. The molecule has 26 heavy (non-hydrogen) atoms. The summed E-state index contributed by atoms with van der Waals surface area (Å²) >= 11 is 12.2. The minimum absolute atomic E-state index is 0.00641. The van der Waals surface area contributed by atoms with Crippen LogP contribution in [0.2, 0.25) is 10.0 Å². The molecule has 0 spiro atoms. The highest BCUT2D eigenvalue weighted by atomic mass is 35.5. The number of halogens is 2. The van der Waals surface area contributed by atoms with Crippen molar-refractivity contribution in [3.05, 3.63) is 68.8 Å². The van der Waals surface area contributed by atoms with Crippen LogP contribution in [0.25, 0.3) is 11.1 Å². The fourth-order valence-electron chi connectivity index (χ4n) is 2.65. The molecule has 0 bridgehead atoms. The predicted octanol–water partition coefficient (Wildman–Crippen LogP) is 4.84. The smallest absolute Gasteiger partial charge is 0.277 e. The maximum Gasteiger partial charge on any atom is 0.277 e. The zero-order valence-electron chi connectivity index (χ0n) is 13.7. The highest BCUT2D eigenvalue weighted by Gasteiger charge is 2.18. The molecule has 0 saturated carbocycles. The van der Waals surface area contributed by atoms with Crippen molar-refractivity contribution in [3.63, 3.8) is 0 Å². The molecule has 0 fully saturated rings. The van der Waals surface area contributed by atoms with E-state index in [9.17, 15) is 10.1 Å². The van der Waals surface area contributed by atoms with Crippen LogP contribution in [0.1, 0.15) is 0 Å². The van der Waals surface area contributed by atoms with E-state index in [0.717, 1.165) is 18.8 Å². The van der Waals surface area contributed by atoms with Crippen molar-refractivity contribution in [1.82, 2.24) is 4.90 Å². The summed E-state index contributed by atoms with van der Waals surface area (Å²) in [5, 5.41) is 15.5. The van der Waals surface area contributed by atoms with Crippen LogP contribution in [-0.2, 0) is 0 Å². The summed E-state index contributed by atoms with van der Waals surface area (Å²) < 4.78 is 0. The summed E-state index contributed by atoms with van der Waals surface area (Å²) in [4.78, 5) is 17.1. The average molecular weight is 391 g/mol. The van der Waals surface area contributed by atoms with Crippen molar-refractivity contribution in [2.45, 2.75) is 0 Å². The van der Waals surface area contributed by atoms with E-state index in [0.29, 0.717) is 27.7 Å². The van der Waals surface area contributed by atoms with Crippen LogP contribution in [0, 0.1) is 10.1 Å². The second-order valence-corrected chi connectivity index (χ2v) is 6.53. The molecule has 2 aromatic rings. The molecular weight excluding hydrogens is 375 g/mol. The highest BCUT2D eigenvalue weighted by molar-refractivity contribution is 6.36. The Morgan fingerprint density at radius 2 is 2.04 bits per heavy atom. The van der Waals surface area contributed by atoms with Gasteiger partial charge in [-0.25, -0.2) is 4.99 Å². The third-order valence-corrected chi connectivity index (χ3v) is 4.45. The lowest BCUT2D eigenvalue weighted by Crippen LogP contribution is -2.29. The minimum Gasteiger partial charge on any atom is -0.383 e. The van der Waals surface area contributed by atoms with E-state index in [1.807, 2.05) is 6.08 Å². The Hall–Kier alpha value is -2.57. The zero-order valence-corrected chi connectivity index (χ0v) is 15.2. The summed E-state index contributed by atoms with van der Waals surface area (Å²) in [6, 6.07) is 9.83. The van der Waals surface area contributed by atoms with Gasteiger partial charge in [0.25, 0.3) is 5.69 Å². The van der Waals surface area contributed by atoms with Gasteiger partial charge in [-0.2, -0.15) is 0 Å². The second-order valence-electron chi connectivity index (χ2n) is 5.68. The monoisotopic (exact) mass is 390 g/mol. The molecule has 8 heteroatoms. The van der Waals surface area contributed by atoms with E-state index in [1.165, 1.54) is 6.07 Å². The van der Waals surface area contributed by atoms with E-state index in [-0.39, 0.29) is 5.69 Å². The summed E-state index contributed by atoms with van der Waals surface area (Å²) in [5.41, 5.74) is 1.79. The predicted molar refractivity (Wildman–Crippen MR) is 106 cm³/mol. The minimum atomic E-state index is -0.416. The Labute approximate surface area is 160 Å². The quantitative estimate of drug-likeness (QED) is 0.565. The Kier molecular flexibility index (Phi) is 5.75. The van der Waals surface area contributed by atoms with Gasteiger partial charge in [-0.1, -0.05) is 29.3 Å². The van der Waals surface area contributed by atoms with Crippen molar-refractivity contribution in [3.8, 4) is 11.1 Å². The zero-order chi connectivity index (χ0) is 18.5. The average Bonchev–Trinajstić information content (AvgIpc) is 2.62. The molecule has 134 valence electrons. The molecule has 0 aliphatic carbocycles. The first-order valence-electron chi connectivity index (χ1n) is 7.94. The molecule has 0 atom stereocenters. The van der Waals surface area contributed by atoms with Crippen LogP contribution in [0.5, 0.6) is 0 Å². The molecule has 1 N–H and O–H groups in total. The van der Waals surface area contributed by atoms with Gasteiger partial charge in [0.2, 0.25) is 0 Å². The van der Waals surface area contributed by atoms with E-state index in [2.05, 4.69) is 15.2 Å². The molecule has 0 aromatic heterocycles. The largest absolute Gasteiger partial charge is 0.383 e. The highest BCUT2D eigenvalue weighted by Crippen LogP contribution is 2.37. The number of aliphatic imine (C=N–C) groups is 1. The lowest BCUT2D eigenvalue weighted by atomic mass is 10.0. The molecule has 3 rings (SSSR count). The van der Waals surface area contributed by atoms with Gasteiger partial charge in [-0.3, -0.25) is 10.1 Å². The molecular formula is C18H16Cl2N4O2. The molecule has 0 radical (unpaired) electrons. The van der Waals surface area contributed by atoms with Crippen molar-refractivity contribution < 1.29 is 4.92 Å². The van der Waals surface area contributed by atoms with Crippen molar-refractivity contribution in [2.75, 3.05) is 25.0 Å². The number of rotatable bonds is 6. The first kappa shape index (κ1) is 18.2. The van der Waals surface area contributed by atoms with Crippen LogP contribution in [0.4, 0.5) is 11.4 Å². The van der Waals surface area contributed by atoms with Gasteiger partial charge < -0.3 is 10.2 Å². The lowest BCUT2D eigenvalue weighted by molar-refractivity contribution is -0.384. The number of hydrogen-bond donors (Lipinski definition) is 1. The molecule has 1 heterocycles. The summed E-state index contributed by atoms with van der Waals surface area (Å²) in [6.45, 7) is 2.25. The van der Waals surface area contributed by atoms with E-state index < -0.39 is 4.92 Å². The summed E-state index contributed by atoms with van der Waals surface area (Å²) in [6.07, 6.45) is 5.53. The Balaban J connectivity index is 1.81. The number of hydrogen-bond acceptors (Lipinski definition) is 5. The fraction of sp³-hybridized carbons (Fsp3) is 0.167. The molecule has 0 amide bonds. The molecule has 0 unspecified atom stereocenters. The number of nitro groups is 1. The number of nitro benzene ring substituents is 1. The summed E-state index contributed by atoms with van der Waals surface area (Å²) in [7, 11) is 0.